The molecule has 2 amide bonds. The maximum Gasteiger partial charge on any atom is 0.274 e. The van der Waals surface area contributed by atoms with Gasteiger partial charge >= 0.3 is 0 Å². The van der Waals surface area contributed by atoms with Crippen LogP contribution in [-0.4, -0.2) is 107 Å². The highest BCUT2D eigenvalue weighted by Gasteiger charge is 2.35. The third-order valence-electron chi connectivity index (χ3n) is 6.82. The minimum Gasteiger partial charge on any atom is -0.340 e. The number of rotatable bonds is 3. The van der Waals surface area contributed by atoms with Gasteiger partial charge in [-0.25, -0.2) is 0 Å². The first kappa shape index (κ1) is 20.3. The van der Waals surface area contributed by atoms with Crippen LogP contribution < -0.4 is 0 Å². The zero-order valence-electron chi connectivity index (χ0n) is 17.8. The highest BCUT2D eigenvalue weighted by atomic mass is 16.2. The molecule has 0 N–H and O–H groups in total. The van der Waals surface area contributed by atoms with E-state index in [1.807, 2.05) is 18.1 Å². The number of hydrogen-bond acceptors (Lipinski definition) is 5. The second kappa shape index (κ2) is 8.83. The number of carbonyl (C=O) groups excluding carboxylic acids is 2. The fraction of sp³-hybridized carbons (Fsp3) is 0.762. The summed E-state index contributed by atoms with van der Waals surface area (Å²) in [7, 11) is 3.95. The van der Waals surface area contributed by atoms with Crippen LogP contribution in [-0.2, 0) is 11.8 Å². The Balaban J connectivity index is 1.28. The second-order valence-electron chi connectivity index (χ2n) is 8.86. The van der Waals surface area contributed by atoms with Crippen LogP contribution in [0.25, 0.3) is 0 Å². The molecule has 160 valence electrons. The molecule has 4 rings (SSSR count). The van der Waals surface area contributed by atoms with Crippen molar-refractivity contribution in [2.45, 2.75) is 31.7 Å². The summed E-state index contributed by atoms with van der Waals surface area (Å²) >= 11 is 0. The Bertz CT molecular complexity index is 719. The van der Waals surface area contributed by atoms with E-state index in [-0.39, 0.29) is 11.8 Å². The van der Waals surface area contributed by atoms with Gasteiger partial charge in [-0.1, -0.05) is 0 Å². The Morgan fingerprint density at radius 1 is 0.931 bits per heavy atom. The third-order valence-corrected chi connectivity index (χ3v) is 6.82. The molecule has 0 unspecified atom stereocenters. The summed E-state index contributed by atoms with van der Waals surface area (Å²) < 4.78 is 1.67. The summed E-state index contributed by atoms with van der Waals surface area (Å²) in [4.78, 5) is 34.4. The number of likely N-dealkylation sites (tertiary alicyclic amines) is 2. The van der Waals surface area contributed by atoms with Gasteiger partial charge < -0.3 is 14.7 Å². The Morgan fingerprint density at radius 3 is 2.31 bits per heavy atom. The number of aromatic nitrogens is 2. The van der Waals surface area contributed by atoms with E-state index in [0.29, 0.717) is 17.6 Å². The van der Waals surface area contributed by atoms with Gasteiger partial charge in [0.15, 0.2) is 0 Å². The smallest absolute Gasteiger partial charge is 0.274 e. The molecule has 0 aliphatic carbocycles. The predicted molar refractivity (Wildman–Crippen MR) is 111 cm³/mol. The van der Waals surface area contributed by atoms with Crippen LogP contribution in [0.2, 0.25) is 0 Å². The number of nitrogens with zero attached hydrogens (tertiary/aromatic N) is 6. The lowest BCUT2D eigenvalue weighted by Gasteiger charge is -2.43. The van der Waals surface area contributed by atoms with Crippen molar-refractivity contribution in [2.75, 3.05) is 59.4 Å². The molecule has 1 aromatic heterocycles. The minimum atomic E-state index is 0.0332. The highest BCUT2D eigenvalue weighted by molar-refractivity contribution is 5.92. The van der Waals surface area contributed by atoms with Crippen molar-refractivity contribution in [2.24, 2.45) is 13.0 Å². The van der Waals surface area contributed by atoms with E-state index in [4.69, 9.17) is 0 Å². The van der Waals surface area contributed by atoms with E-state index in [0.717, 1.165) is 78.0 Å². The molecule has 0 spiro atoms. The molecule has 3 aliphatic rings. The van der Waals surface area contributed by atoms with Gasteiger partial charge in [-0.15, -0.1) is 0 Å². The quantitative estimate of drug-likeness (QED) is 0.737. The van der Waals surface area contributed by atoms with Gasteiger partial charge in [0.2, 0.25) is 5.91 Å². The first-order valence-corrected chi connectivity index (χ1v) is 11.0. The maximum atomic E-state index is 13.0. The number of amides is 2. The first-order chi connectivity index (χ1) is 14.0. The van der Waals surface area contributed by atoms with Crippen molar-refractivity contribution in [3.05, 3.63) is 18.0 Å². The first-order valence-electron chi connectivity index (χ1n) is 11.0. The van der Waals surface area contributed by atoms with E-state index in [2.05, 4.69) is 26.8 Å². The Labute approximate surface area is 173 Å². The van der Waals surface area contributed by atoms with Gasteiger partial charge in [0.05, 0.1) is 5.92 Å². The molecule has 8 nitrogen and oxygen atoms in total. The summed E-state index contributed by atoms with van der Waals surface area (Å²) in [6, 6.07) is 2.26. The molecule has 0 radical (unpaired) electrons. The highest BCUT2D eigenvalue weighted by Crippen LogP contribution is 2.26. The molecule has 8 heteroatoms. The monoisotopic (exact) mass is 402 g/mol. The van der Waals surface area contributed by atoms with Gasteiger partial charge in [-0.2, -0.15) is 5.10 Å². The van der Waals surface area contributed by atoms with E-state index in [1.165, 1.54) is 0 Å². The average Bonchev–Trinajstić information content (AvgIpc) is 3.20. The molecule has 3 saturated heterocycles. The molecule has 0 aromatic carbocycles. The molecule has 4 heterocycles. The molecule has 0 bridgehead atoms. The summed E-state index contributed by atoms with van der Waals surface area (Å²) in [6.07, 6.45) is 5.88. The third kappa shape index (κ3) is 4.64. The molecular weight excluding hydrogens is 368 g/mol. The lowest BCUT2D eigenvalue weighted by atomic mass is 9.92. The maximum absolute atomic E-state index is 13.0. The van der Waals surface area contributed by atoms with Crippen LogP contribution in [0.4, 0.5) is 0 Å². The lowest BCUT2D eigenvalue weighted by Crippen LogP contribution is -2.54. The van der Waals surface area contributed by atoms with Gasteiger partial charge in [0.25, 0.3) is 5.91 Å². The van der Waals surface area contributed by atoms with E-state index >= 15 is 0 Å². The zero-order chi connectivity index (χ0) is 20.4. The molecule has 1 atom stereocenters. The van der Waals surface area contributed by atoms with Gasteiger partial charge in [-0.05, 0) is 45.3 Å². The number of likely N-dealkylation sites (N-methyl/N-ethyl adjacent to an activating group) is 1. The summed E-state index contributed by atoms with van der Waals surface area (Å²) in [5.74, 6) is 0.525. The number of piperidine rings is 2. The van der Waals surface area contributed by atoms with Crippen molar-refractivity contribution < 1.29 is 9.59 Å². The predicted octanol–water partition coefficient (Wildman–Crippen LogP) is 0.511. The molecule has 1 aromatic rings. The molecule has 3 fully saturated rings. The summed E-state index contributed by atoms with van der Waals surface area (Å²) in [5, 5.41) is 4.24. The van der Waals surface area contributed by atoms with E-state index in [1.54, 1.807) is 10.7 Å². The van der Waals surface area contributed by atoms with Gasteiger partial charge in [0.1, 0.15) is 5.69 Å². The second-order valence-corrected chi connectivity index (χ2v) is 8.86. The van der Waals surface area contributed by atoms with Crippen molar-refractivity contribution in [3.63, 3.8) is 0 Å². The van der Waals surface area contributed by atoms with Crippen molar-refractivity contribution in [3.8, 4) is 0 Å². The fourth-order valence-electron chi connectivity index (χ4n) is 4.95. The fourth-order valence-corrected chi connectivity index (χ4v) is 4.95. The summed E-state index contributed by atoms with van der Waals surface area (Å²) in [6.45, 7) is 7.17. The van der Waals surface area contributed by atoms with Gasteiger partial charge in [-0.3, -0.25) is 19.2 Å². The zero-order valence-corrected chi connectivity index (χ0v) is 17.8. The number of carbonyl (C=O) groups is 2. The van der Waals surface area contributed by atoms with E-state index in [9.17, 15) is 9.59 Å². The van der Waals surface area contributed by atoms with Crippen molar-refractivity contribution in [1.82, 2.24) is 29.4 Å². The van der Waals surface area contributed by atoms with Crippen LogP contribution in [0.1, 0.15) is 36.2 Å². The lowest BCUT2D eigenvalue weighted by molar-refractivity contribution is -0.139. The number of piperazine rings is 1. The van der Waals surface area contributed by atoms with Crippen LogP contribution >= 0.6 is 0 Å². The van der Waals surface area contributed by atoms with Crippen molar-refractivity contribution in [1.29, 1.82) is 0 Å². The number of hydrogen-bond donors (Lipinski definition) is 0. The van der Waals surface area contributed by atoms with Crippen LogP contribution in [0, 0.1) is 5.92 Å². The van der Waals surface area contributed by atoms with Gasteiger partial charge in [0, 0.05) is 65.1 Å². The van der Waals surface area contributed by atoms with Crippen LogP contribution in [0.15, 0.2) is 12.3 Å². The SMILES string of the molecule is CN1CCN(C(=O)[C@H]2CCCN(C3CCN(C(=O)c4ccn(C)n4)CC3)C2)CC1. The average molecular weight is 403 g/mol. The Kier molecular flexibility index (Phi) is 6.20. The molecule has 3 aliphatic heterocycles. The topological polar surface area (TPSA) is 64.9 Å². The van der Waals surface area contributed by atoms with Crippen molar-refractivity contribution >= 4 is 11.8 Å². The molecule has 29 heavy (non-hydrogen) atoms. The molecule has 0 saturated carbocycles. The normalized spacial score (nSPS) is 25.4. The minimum absolute atomic E-state index is 0.0332. The number of aryl methyl sites for hydroxylation is 1. The largest absolute Gasteiger partial charge is 0.340 e. The Hall–Kier alpha value is -1.93. The Morgan fingerprint density at radius 2 is 1.66 bits per heavy atom. The van der Waals surface area contributed by atoms with Crippen LogP contribution in [0.3, 0.4) is 0 Å². The van der Waals surface area contributed by atoms with Crippen LogP contribution in [0.5, 0.6) is 0 Å². The summed E-state index contributed by atoms with van der Waals surface area (Å²) in [5.41, 5.74) is 0.529. The van der Waals surface area contributed by atoms with E-state index < -0.39 is 0 Å². The standard InChI is InChI=1S/C21H34N6O2/c1-23-12-14-26(15-13-23)20(28)17-4-3-8-27(16-17)18-5-10-25(11-6-18)21(29)19-7-9-24(2)22-19/h7,9,17-18H,3-6,8,10-16H2,1-2H3/t17-/m0/s1. The molecular formula is C21H34N6O2.